The van der Waals surface area contributed by atoms with Crippen molar-refractivity contribution in [2.45, 2.75) is 26.1 Å². The second-order valence-corrected chi connectivity index (χ2v) is 4.52. The Bertz CT molecular complexity index is 295. The Hall–Kier alpha value is 0.260. The molecule has 0 spiro atoms. The van der Waals surface area contributed by atoms with Crippen LogP contribution in [-0.2, 0) is 12.3 Å². The van der Waals surface area contributed by atoms with E-state index in [1.165, 1.54) is 25.8 Å². The van der Waals surface area contributed by atoms with Gasteiger partial charge in [0.1, 0.15) is 0 Å². The fourth-order valence-electron chi connectivity index (χ4n) is 1.37. The summed E-state index contributed by atoms with van der Waals surface area (Å²) >= 11 is 6.68. The highest BCUT2D eigenvalue weighted by atomic mass is 127. The second kappa shape index (κ2) is 4.66. The molecule has 3 heteroatoms. The molecule has 0 unspecified atom stereocenters. The monoisotopic (exact) mass is 307 g/mol. The average Bonchev–Trinajstić information content (AvgIpc) is 2.15. The fourth-order valence-corrected chi connectivity index (χ4v) is 2.39. The molecular weight excluding hydrogens is 293 g/mol. The van der Waals surface area contributed by atoms with Crippen molar-refractivity contribution in [2.24, 2.45) is 5.73 Å². The molecule has 1 rings (SSSR count). The Balaban J connectivity index is 3.36. The van der Waals surface area contributed by atoms with Gasteiger partial charge in [0.15, 0.2) is 0 Å². The molecule has 2 N–H and O–H groups in total. The van der Waals surface area contributed by atoms with Crippen LogP contribution in [0, 0.1) is 17.4 Å². The Morgan fingerprint density at radius 1 is 1.31 bits per heavy atom. The summed E-state index contributed by atoms with van der Waals surface area (Å²) in [6, 6.07) is 2.17. The SMILES string of the molecule is Cc1c(CN)cc(CS)c(C)c1I. The smallest absolute Gasteiger partial charge is 0.0195 e. The molecule has 0 bridgehead atoms. The third kappa shape index (κ3) is 2.19. The van der Waals surface area contributed by atoms with Crippen LogP contribution >= 0.6 is 35.2 Å². The Morgan fingerprint density at radius 3 is 2.31 bits per heavy atom. The normalized spacial score (nSPS) is 10.5. The van der Waals surface area contributed by atoms with Crippen LogP contribution in [0.2, 0.25) is 0 Å². The molecule has 1 nitrogen and oxygen atoms in total. The summed E-state index contributed by atoms with van der Waals surface area (Å²) in [6.07, 6.45) is 0. The first kappa shape index (κ1) is 11.3. The average molecular weight is 307 g/mol. The minimum atomic E-state index is 0.614. The van der Waals surface area contributed by atoms with Crippen LogP contribution in [0.25, 0.3) is 0 Å². The van der Waals surface area contributed by atoms with Crippen molar-refractivity contribution in [3.63, 3.8) is 0 Å². The summed E-state index contributed by atoms with van der Waals surface area (Å²) in [5, 5.41) is 0. The van der Waals surface area contributed by atoms with Crippen molar-refractivity contribution < 1.29 is 0 Å². The van der Waals surface area contributed by atoms with Gasteiger partial charge in [-0.2, -0.15) is 12.6 Å². The molecule has 0 fully saturated rings. The van der Waals surface area contributed by atoms with E-state index in [0.717, 1.165) is 5.75 Å². The van der Waals surface area contributed by atoms with Gasteiger partial charge in [0, 0.05) is 15.9 Å². The van der Waals surface area contributed by atoms with Crippen molar-refractivity contribution in [1.82, 2.24) is 0 Å². The first-order valence-electron chi connectivity index (χ1n) is 4.20. The van der Waals surface area contributed by atoms with Crippen molar-refractivity contribution in [3.05, 3.63) is 31.9 Å². The number of benzene rings is 1. The minimum absolute atomic E-state index is 0.614. The van der Waals surface area contributed by atoms with E-state index in [1.807, 2.05) is 0 Å². The first-order chi connectivity index (χ1) is 6.11. The van der Waals surface area contributed by atoms with E-state index < -0.39 is 0 Å². The molecule has 0 aromatic heterocycles. The molecule has 0 atom stereocenters. The van der Waals surface area contributed by atoms with Gasteiger partial charge in [0.2, 0.25) is 0 Å². The third-order valence-electron chi connectivity index (χ3n) is 2.36. The van der Waals surface area contributed by atoms with Crippen LogP contribution in [0.3, 0.4) is 0 Å². The zero-order chi connectivity index (χ0) is 10.0. The molecule has 0 aliphatic rings. The number of rotatable bonds is 2. The quantitative estimate of drug-likeness (QED) is 0.638. The van der Waals surface area contributed by atoms with E-state index in [1.54, 1.807) is 0 Å². The zero-order valence-electron chi connectivity index (χ0n) is 7.89. The molecule has 0 aliphatic carbocycles. The molecule has 1 aromatic rings. The van der Waals surface area contributed by atoms with Crippen LogP contribution in [-0.4, -0.2) is 0 Å². The van der Waals surface area contributed by atoms with Crippen molar-refractivity contribution >= 4 is 35.2 Å². The number of hydrogen-bond donors (Lipinski definition) is 2. The van der Waals surface area contributed by atoms with Gasteiger partial charge >= 0.3 is 0 Å². The molecule has 0 aliphatic heterocycles. The molecule has 0 amide bonds. The van der Waals surface area contributed by atoms with Gasteiger partial charge in [-0.1, -0.05) is 6.07 Å². The third-order valence-corrected chi connectivity index (χ3v) is 4.32. The van der Waals surface area contributed by atoms with Gasteiger partial charge in [0.25, 0.3) is 0 Å². The highest BCUT2D eigenvalue weighted by Gasteiger charge is 2.08. The molecule has 0 radical (unpaired) electrons. The lowest BCUT2D eigenvalue weighted by molar-refractivity contribution is 1.03. The first-order valence-corrected chi connectivity index (χ1v) is 5.91. The summed E-state index contributed by atoms with van der Waals surface area (Å²) < 4.78 is 1.32. The lowest BCUT2D eigenvalue weighted by Crippen LogP contribution is -2.04. The maximum Gasteiger partial charge on any atom is 0.0195 e. The predicted molar refractivity (Wildman–Crippen MR) is 69.2 cm³/mol. The van der Waals surface area contributed by atoms with E-state index in [4.69, 9.17) is 5.73 Å². The number of hydrogen-bond acceptors (Lipinski definition) is 2. The highest BCUT2D eigenvalue weighted by Crippen LogP contribution is 2.24. The molecule has 1 aromatic carbocycles. The molecular formula is C10H14INS. The molecule has 0 saturated carbocycles. The lowest BCUT2D eigenvalue weighted by atomic mass is 10.0. The maximum atomic E-state index is 5.66. The van der Waals surface area contributed by atoms with Crippen molar-refractivity contribution in [2.75, 3.05) is 0 Å². The van der Waals surface area contributed by atoms with E-state index in [9.17, 15) is 0 Å². The van der Waals surface area contributed by atoms with Gasteiger partial charge in [0.05, 0.1) is 0 Å². The van der Waals surface area contributed by atoms with Crippen molar-refractivity contribution in [1.29, 1.82) is 0 Å². The van der Waals surface area contributed by atoms with Crippen LogP contribution in [0.15, 0.2) is 6.07 Å². The van der Waals surface area contributed by atoms with Crippen LogP contribution in [0.5, 0.6) is 0 Å². The number of thiol groups is 1. The Kier molecular flexibility index (Phi) is 4.06. The topological polar surface area (TPSA) is 26.0 Å². The lowest BCUT2D eigenvalue weighted by Gasteiger charge is -2.12. The number of nitrogens with two attached hydrogens (primary N) is 1. The van der Waals surface area contributed by atoms with Gasteiger partial charge in [-0.15, -0.1) is 0 Å². The Labute approximate surface area is 98.6 Å². The minimum Gasteiger partial charge on any atom is -0.326 e. The fraction of sp³-hybridized carbons (Fsp3) is 0.400. The summed E-state index contributed by atoms with van der Waals surface area (Å²) in [5.74, 6) is 0.787. The summed E-state index contributed by atoms with van der Waals surface area (Å²) in [7, 11) is 0. The largest absolute Gasteiger partial charge is 0.326 e. The standard InChI is InChI=1S/C10H14INS/c1-6-8(4-12)3-9(5-13)7(2)10(6)11/h3,13H,4-5,12H2,1-2H3. The van der Waals surface area contributed by atoms with E-state index in [2.05, 4.69) is 55.1 Å². The van der Waals surface area contributed by atoms with Gasteiger partial charge in [-0.3, -0.25) is 0 Å². The zero-order valence-corrected chi connectivity index (χ0v) is 10.9. The Morgan fingerprint density at radius 2 is 1.85 bits per heavy atom. The van der Waals surface area contributed by atoms with E-state index in [-0.39, 0.29) is 0 Å². The molecule has 72 valence electrons. The molecule has 13 heavy (non-hydrogen) atoms. The van der Waals surface area contributed by atoms with Crippen LogP contribution in [0.1, 0.15) is 22.3 Å². The summed E-state index contributed by atoms with van der Waals surface area (Å²) in [6.45, 7) is 4.88. The molecule has 0 saturated heterocycles. The predicted octanol–water partition coefficient (Wildman–Crippen LogP) is 2.80. The van der Waals surface area contributed by atoms with E-state index >= 15 is 0 Å². The van der Waals surface area contributed by atoms with Crippen LogP contribution < -0.4 is 5.73 Å². The van der Waals surface area contributed by atoms with Crippen molar-refractivity contribution in [3.8, 4) is 0 Å². The summed E-state index contributed by atoms with van der Waals surface area (Å²) in [5.41, 5.74) is 10.8. The number of halogens is 1. The highest BCUT2D eigenvalue weighted by molar-refractivity contribution is 14.1. The summed E-state index contributed by atoms with van der Waals surface area (Å²) in [4.78, 5) is 0. The van der Waals surface area contributed by atoms with Gasteiger partial charge in [-0.25, -0.2) is 0 Å². The van der Waals surface area contributed by atoms with Gasteiger partial charge in [-0.05, 0) is 58.7 Å². The maximum absolute atomic E-state index is 5.66. The second-order valence-electron chi connectivity index (χ2n) is 3.12. The van der Waals surface area contributed by atoms with Gasteiger partial charge < -0.3 is 5.73 Å². The van der Waals surface area contributed by atoms with E-state index in [0.29, 0.717) is 6.54 Å². The van der Waals surface area contributed by atoms with Crippen LogP contribution in [0.4, 0.5) is 0 Å². The molecule has 0 heterocycles.